The fourth-order valence-corrected chi connectivity index (χ4v) is 2.78. The molecular weight excluding hydrogens is 262 g/mol. The summed E-state index contributed by atoms with van der Waals surface area (Å²) in [5.41, 5.74) is 1.23. The van der Waals surface area contributed by atoms with Gasteiger partial charge in [0.15, 0.2) is 0 Å². The molecule has 2 rings (SSSR count). The van der Waals surface area contributed by atoms with E-state index in [1.165, 1.54) is 5.56 Å². The van der Waals surface area contributed by atoms with Crippen molar-refractivity contribution in [2.75, 3.05) is 33.7 Å². The average molecular weight is 289 g/mol. The highest BCUT2D eigenvalue weighted by Crippen LogP contribution is 2.18. The Morgan fingerprint density at radius 1 is 1.29 bits per heavy atom. The maximum absolute atomic E-state index is 12.3. The van der Waals surface area contributed by atoms with Crippen LogP contribution in [0.3, 0.4) is 0 Å². The van der Waals surface area contributed by atoms with Crippen molar-refractivity contribution in [3.63, 3.8) is 0 Å². The molecule has 2 amide bonds. The number of likely N-dealkylation sites (N-methyl/N-ethyl adjacent to an activating group) is 1. The first-order valence-electron chi connectivity index (χ1n) is 7.82. The van der Waals surface area contributed by atoms with E-state index < -0.39 is 0 Å². The standard InChI is InChI=1S/C17H27N3O/c1-14-9-11-20(12-10-14)17(21)18-13-16(19(2)3)15-7-5-4-6-8-15/h4-8,14,16H,9-13H2,1-3H3,(H,18,21). The van der Waals surface area contributed by atoms with E-state index >= 15 is 0 Å². The van der Waals surface area contributed by atoms with Gasteiger partial charge in [-0.2, -0.15) is 0 Å². The molecule has 0 aliphatic carbocycles. The zero-order valence-electron chi connectivity index (χ0n) is 13.4. The van der Waals surface area contributed by atoms with Gasteiger partial charge in [-0.05, 0) is 38.4 Å². The minimum absolute atomic E-state index is 0.0738. The van der Waals surface area contributed by atoms with E-state index in [-0.39, 0.29) is 12.1 Å². The number of hydrogen-bond donors (Lipinski definition) is 1. The molecule has 0 bridgehead atoms. The van der Waals surface area contributed by atoms with Crippen LogP contribution in [0.2, 0.25) is 0 Å². The lowest BCUT2D eigenvalue weighted by Crippen LogP contribution is -2.46. The van der Waals surface area contributed by atoms with Gasteiger partial charge < -0.3 is 15.1 Å². The molecular formula is C17H27N3O. The number of amides is 2. The molecule has 1 aliphatic heterocycles. The number of nitrogens with one attached hydrogen (secondary N) is 1. The number of carbonyl (C=O) groups is 1. The molecule has 1 unspecified atom stereocenters. The third-order valence-corrected chi connectivity index (χ3v) is 4.33. The van der Waals surface area contributed by atoms with Crippen LogP contribution in [0.4, 0.5) is 4.79 Å². The second-order valence-corrected chi connectivity index (χ2v) is 6.25. The first kappa shape index (κ1) is 15.8. The minimum atomic E-state index is 0.0738. The summed E-state index contributed by atoms with van der Waals surface area (Å²) in [5.74, 6) is 0.743. The van der Waals surface area contributed by atoms with Crippen molar-refractivity contribution in [3.8, 4) is 0 Å². The van der Waals surface area contributed by atoms with Gasteiger partial charge in [0.25, 0.3) is 0 Å². The second kappa shape index (κ2) is 7.46. The van der Waals surface area contributed by atoms with Crippen LogP contribution < -0.4 is 5.32 Å². The van der Waals surface area contributed by atoms with Gasteiger partial charge in [0, 0.05) is 19.6 Å². The maximum atomic E-state index is 12.3. The maximum Gasteiger partial charge on any atom is 0.317 e. The number of urea groups is 1. The highest BCUT2D eigenvalue weighted by atomic mass is 16.2. The van der Waals surface area contributed by atoms with Crippen molar-refractivity contribution in [2.24, 2.45) is 5.92 Å². The van der Waals surface area contributed by atoms with Crippen molar-refractivity contribution in [3.05, 3.63) is 35.9 Å². The zero-order chi connectivity index (χ0) is 15.2. The van der Waals surface area contributed by atoms with Gasteiger partial charge in [0.05, 0.1) is 6.04 Å². The molecule has 0 saturated carbocycles. The second-order valence-electron chi connectivity index (χ2n) is 6.25. The molecule has 1 heterocycles. The number of benzene rings is 1. The van der Waals surface area contributed by atoms with E-state index in [0.717, 1.165) is 31.8 Å². The Labute approximate surface area is 128 Å². The van der Waals surface area contributed by atoms with Crippen LogP contribution in [-0.4, -0.2) is 49.6 Å². The number of carbonyl (C=O) groups excluding carboxylic acids is 1. The molecule has 1 aromatic rings. The van der Waals surface area contributed by atoms with Crippen molar-refractivity contribution < 1.29 is 4.79 Å². The summed E-state index contributed by atoms with van der Waals surface area (Å²) in [6.45, 7) is 4.66. The lowest BCUT2D eigenvalue weighted by Gasteiger charge is -2.32. The number of likely N-dealkylation sites (tertiary alicyclic amines) is 1. The van der Waals surface area contributed by atoms with Gasteiger partial charge in [-0.3, -0.25) is 0 Å². The van der Waals surface area contributed by atoms with Gasteiger partial charge >= 0.3 is 6.03 Å². The van der Waals surface area contributed by atoms with Crippen LogP contribution in [0.25, 0.3) is 0 Å². The van der Waals surface area contributed by atoms with Gasteiger partial charge in [0.1, 0.15) is 0 Å². The van der Waals surface area contributed by atoms with Crippen LogP contribution in [0, 0.1) is 5.92 Å². The van der Waals surface area contributed by atoms with E-state index in [4.69, 9.17) is 0 Å². The molecule has 1 aromatic carbocycles. The minimum Gasteiger partial charge on any atom is -0.336 e. The molecule has 0 spiro atoms. The number of nitrogens with zero attached hydrogens (tertiary/aromatic N) is 2. The van der Waals surface area contributed by atoms with E-state index in [9.17, 15) is 4.79 Å². The number of hydrogen-bond acceptors (Lipinski definition) is 2. The highest BCUT2D eigenvalue weighted by molar-refractivity contribution is 5.74. The summed E-state index contributed by atoms with van der Waals surface area (Å²) >= 11 is 0. The van der Waals surface area contributed by atoms with Gasteiger partial charge in [-0.25, -0.2) is 4.79 Å². The Morgan fingerprint density at radius 3 is 2.48 bits per heavy atom. The molecule has 21 heavy (non-hydrogen) atoms. The monoisotopic (exact) mass is 289 g/mol. The van der Waals surface area contributed by atoms with E-state index in [2.05, 4.69) is 29.3 Å². The molecule has 0 aromatic heterocycles. The Kier molecular flexibility index (Phi) is 5.62. The predicted octanol–water partition coefficient (Wildman–Crippen LogP) is 2.73. The predicted molar refractivity (Wildman–Crippen MR) is 86.2 cm³/mol. The Hall–Kier alpha value is -1.55. The smallest absolute Gasteiger partial charge is 0.317 e. The third kappa shape index (κ3) is 4.46. The van der Waals surface area contributed by atoms with Crippen molar-refractivity contribution >= 4 is 6.03 Å². The van der Waals surface area contributed by atoms with Gasteiger partial charge in [-0.15, -0.1) is 0 Å². The molecule has 1 N–H and O–H groups in total. The first-order chi connectivity index (χ1) is 10.1. The van der Waals surface area contributed by atoms with E-state index in [1.807, 2.05) is 37.2 Å². The van der Waals surface area contributed by atoms with Crippen molar-refractivity contribution in [2.45, 2.75) is 25.8 Å². The molecule has 116 valence electrons. The molecule has 4 nitrogen and oxygen atoms in total. The number of piperidine rings is 1. The van der Waals surface area contributed by atoms with E-state index in [0.29, 0.717) is 6.54 Å². The fourth-order valence-electron chi connectivity index (χ4n) is 2.78. The van der Waals surface area contributed by atoms with Gasteiger partial charge in [0.2, 0.25) is 0 Å². The third-order valence-electron chi connectivity index (χ3n) is 4.33. The van der Waals surface area contributed by atoms with Crippen LogP contribution in [0.5, 0.6) is 0 Å². The molecule has 1 saturated heterocycles. The molecule has 0 radical (unpaired) electrons. The normalized spacial score (nSPS) is 17.8. The summed E-state index contributed by atoms with van der Waals surface area (Å²) < 4.78 is 0. The van der Waals surface area contributed by atoms with Crippen molar-refractivity contribution in [1.29, 1.82) is 0 Å². The molecule has 1 atom stereocenters. The molecule has 1 fully saturated rings. The summed E-state index contributed by atoms with van der Waals surface area (Å²) in [4.78, 5) is 16.3. The summed E-state index contributed by atoms with van der Waals surface area (Å²) in [6, 6.07) is 10.6. The molecule has 4 heteroatoms. The zero-order valence-corrected chi connectivity index (χ0v) is 13.4. The Morgan fingerprint density at radius 2 is 1.90 bits per heavy atom. The highest BCUT2D eigenvalue weighted by Gasteiger charge is 2.21. The fraction of sp³-hybridized carbons (Fsp3) is 0.588. The quantitative estimate of drug-likeness (QED) is 0.925. The van der Waals surface area contributed by atoms with Crippen molar-refractivity contribution in [1.82, 2.24) is 15.1 Å². The summed E-state index contributed by atoms with van der Waals surface area (Å²) in [5, 5.41) is 3.09. The van der Waals surface area contributed by atoms with Crippen LogP contribution >= 0.6 is 0 Å². The van der Waals surface area contributed by atoms with E-state index in [1.54, 1.807) is 0 Å². The van der Waals surface area contributed by atoms with Crippen LogP contribution in [0.15, 0.2) is 30.3 Å². The topological polar surface area (TPSA) is 35.6 Å². The Balaban J connectivity index is 1.89. The summed E-state index contributed by atoms with van der Waals surface area (Å²) in [6.07, 6.45) is 2.23. The number of rotatable bonds is 4. The average Bonchev–Trinajstić information content (AvgIpc) is 2.48. The lowest BCUT2D eigenvalue weighted by molar-refractivity contribution is 0.170. The summed E-state index contributed by atoms with van der Waals surface area (Å²) in [7, 11) is 4.10. The largest absolute Gasteiger partial charge is 0.336 e. The Bertz CT molecular complexity index is 439. The van der Waals surface area contributed by atoms with Crippen LogP contribution in [-0.2, 0) is 0 Å². The van der Waals surface area contributed by atoms with Gasteiger partial charge in [-0.1, -0.05) is 37.3 Å². The van der Waals surface area contributed by atoms with Crippen LogP contribution in [0.1, 0.15) is 31.4 Å². The first-order valence-corrected chi connectivity index (χ1v) is 7.82. The lowest BCUT2D eigenvalue weighted by atomic mass is 10.00. The molecule has 1 aliphatic rings. The SMILES string of the molecule is CC1CCN(C(=O)NCC(c2ccccc2)N(C)C)CC1.